The molecule has 0 saturated heterocycles. The van der Waals surface area contributed by atoms with Gasteiger partial charge in [0.05, 0.1) is 17.1 Å². The van der Waals surface area contributed by atoms with Crippen LogP contribution in [0.15, 0.2) is 106 Å². The lowest BCUT2D eigenvalue weighted by atomic mass is 10.0. The molecule has 0 saturated carbocycles. The van der Waals surface area contributed by atoms with Crippen LogP contribution in [-0.2, 0) is 6.61 Å². The molecule has 0 aliphatic carbocycles. The average Bonchev–Trinajstić information content (AvgIpc) is 2.83. The second-order valence-electron chi connectivity index (χ2n) is 7.31. The summed E-state index contributed by atoms with van der Waals surface area (Å²) in [6.45, 7) is 0.385. The normalized spacial score (nSPS) is 11.4. The van der Waals surface area contributed by atoms with E-state index in [-0.39, 0.29) is 0 Å². The van der Waals surface area contributed by atoms with Crippen LogP contribution in [0.2, 0.25) is 0 Å². The molecule has 156 valence electrons. The van der Waals surface area contributed by atoms with Gasteiger partial charge in [0.2, 0.25) is 0 Å². The van der Waals surface area contributed by atoms with Gasteiger partial charge in [0, 0.05) is 5.56 Å². The summed E-state index contributed by atoms with van der Waals surface area (Å²) < 4.78 is 6.92. The van der Waals surface area contributed by atoms with E-state index in [1.54, 1.807) is 24.3 Å². The van der Waals surface area contributed by atoms with Crippen LogP contribution in [0.4, 0.5) is 0 Å². The largest absolute Gasteiger partial charge is 0.488 e. The van der Waals surface area contributed by atoms with Crippen LogP contribution in [0.3, 0.4) is 0 Å². The van der Waals surface area contributed by atoms with Crippen molar-refractivity contribution < 1.29 is 4.74 Å². The highest BCUT2D eigenvalue weighted by Gasteiger charge is 2.10. The summed E-state index contributed by atoms with van der Waals surface area (Å²) in [5.41, 5.74) is 1.12. The van der Waals surface area contributed by atoms with E-state index in [2.05, 4.69) is 10.1 Å². The van der Waals surface area contributed by atoms with Gasteiger partial charge in [-0.05, 0) is 34.5 Å². The highest BCUT2D eigenvalue weighted by molar-refractivity contribution is 6.02. The van der Waals surface area contributed by atoms with Crippen molar-refractivity contribution >= 4 is 27.9 Å². The number of aromatic nitrogens is 2. The van der Waals surface area contributed by atoms with Gasteiger partial charge in [0.1, 0.15) is 12.4 Å². The molecular weight excluding hydrogens is 402 g/mol. The van der Waals surface area contributed by atoms with E-state index in [0.29, 0.717) is 28.8 Å². The Balaban J connectivity index is 1.60. The smallest absolute Gasteiger partial charge is 0.349 e. The fraction of sp³-hybridized carbons (Fsp3) is 0.0385. The quantitative estimate of drug-likeness (QED) is 0.430. The van der Waals surface area contributed by atoms with Crippen LogP contribution in [0.1, 0.15) is 11.1 Å². The number of hydrogen-bond acceptors (Lipinski definition) is 4. The van der Waals surface area contributed by atoms with Crippen LogP contribution < -0.4 is 16.0 Å². The maximum absolute atomic E-state index is 12.8. The number of ether oxygens (including phenoxy) is 1. The summed E-state index contributed by atoms with van der Waals surface area (Å²) in [5.74, 6) is 0.613. The number of rotatable bonds is 5. The van der Waals surface area contributed by atoms with Crippen molar-refractivity contribution in [2.75, 3.05) is 0 Å². The maximum atomic E-state index is 12.8. The van der Waals surface area contributed by atoms with Gasteiger partial charge in [-0.1, -0.05) is 72.8 Å². The topological polar surface area (TPSA) is 76.5 Å². The second kappa shape index (κ2) is 8.35. The Morgan fingerprint density at radius 2 is 1.53 bits per heavy atom. The molecule has 5 rings (SSSR count). The first kappa shape index (κ1) is 19.5. The van der Waals surface area contributed by atoms with Crippen molar-refractivity contribution in [2.45, 2.75) is 6.61 Å². The third-order valence-corrected chi connectivity index (χ3v) is 5.25. The first-order valence-corrected chi connectivity index (χ1v) is 10.2. The lowest BCUT2D eigenvalue weighted by molar-refractivity contribution is 0.306. The van der Waals surface area contributed by atoms with Crippen molar-refractivity contribution in [3.05, 3.63) is 123 Å². The van der Waals surface area contributed by atoms with Crippen molar-refractivity contribution in [1.82, 2.24) is 9.66 Å². The molecule has 0 aliphatic rings. The van der Waals surface area contributed by atoms with Gasteiger partial charge >= 0.3 is 5.69 Å². The number of fused-ring (bicyclic) bond motifs is 2. The van der Waals surface area contributed by atoms with Gasteiger partial charge in [-0.15, -0.1) is 4.68 Å². The Hall–Kier alpha value is -4.45. The predicted molar refractivity (Wildman–Crippen MR) is 127 cm³/mol. The van der Waals surface area contributed by atoms with E-state index >= 15 is 0 Å². The molecule has 0 aliphatic heterocycles. The fourth-order valence-corrected chi connectivity index (χ4v) is 3.64. The van der Waals surface area contributed by atoms with Gasteiger partial charge < -0.3 is 9.72 Å². The summed E-state index contributed by atoms with van der Waals surface area (Å²) in [7, 11) is 0. The van der Waals surface area contributed by atoms with Gasteiger partial charge in [0.15, 0.2) is 0 Å². The third kappa shape index (κ3) is 3.70. The first-order valence-electron chi connectivity index (χ1n) is 10.2. The Morgan fingerprint density at radius 3 is 2.38 bits per heavy atom. The second-order valence-corrected chi connectivity index (χ2v) is 7.31. The molecule has 0 atom stereocenters. The predicted octanol–water partition coefficient (Wildman–Crippen LogP) is 4.30. The Labute approximate surface area is 183 Å². The number of nitrogens with one attached hydrogen (secondary N) is 1. The molecule has 1 aromatic heterocycles. The molecule has 5 aromatic rings. The number of H-pyrrole nitrogens is 1. The summed E-state index contributed by atoms with van der Waals surface area (Å²) in [4.78, 5) is 28.0. The molecule has 0 amide bonds. The Bertz CT molecular complexity index is 1570. The van der Waals surface area contributed by atoms with E-state index in [0.717, 1.165) is 21.0 Å². The van der Waals surface area contributed by atoms with Crippen molar-refractivity contribution in [3.63, 3.8) is 0 Å². The zero-order chi connectivity index (χ0) is 21.9. The van der Waals surface area contributed by atoms with Crippen LogP contribution in [0.25, 0.3) is 21.7 Å². The van der Waals surface area contributed by atoms with E-state index < -0.39 is 11.2 Å². The van der Waals surface area contributed by atoms with E-state index in [1.165, 1.54) is 6.21 Å². The number of benzene rings is 4. The van der Waals surface area contributed by atoms with Gasteiger partial charge in [-0.25, -0.2) is 4.79 Å². The molecule has 1 heterocycles. The van der Waals surface area contributed by atoms with Crippen molar-refractivity contribution in [2.24, 2.45) is 5.10 Å². The van der Waals surface area contributed by atoms with E-state index in [9.17, 15) is 9.59 Å². The zero-order valence-electron chi connectivity index (χ0n) is 17.1. The van der Waals surface area contributed by atoms with E-state index in [4.69, 9.17) is 4.74 Å². The molecule has 0 radical (unpaired) electrons. The standard InChI is InChI=1S/C26H19N3O3/c30-25-21-12-6-7-13-23(21)28-26(31)29(25)27-16-22-20-11-5-4-10-19(20)14-15-24(22)32-17-18-8-2-1-3-9-18/h1-16H,17H2,(H,28,31). The monoisotopic (exact) mass is 421 g/mol. The molecule has 0 unspecified atom stereocenters. The molecule has 1 N–H and O–H groups in total. The number of nitrogens with zero attached hydrogens (tertiary/aromatic N) is 2. The molecule has 6 nitrogen and oxygen atoms in total. The molecule has 32 heavy (non-hydrogen) atoms. The maximum Gasteiger partial charge on any atom is 0.349 e. The van der Waals surface area contributed by atoms with Crippen LogP contribution in [-0.4, -0.2) is 15.9 Å². The van der Waals surface area contributed by atoms with Gasteiger partial charge in [0.25, 0.3) is 5.56 Å². The minimum absolute atomic E-state index is 0.385. The summed E-state index contributed by atoms with van der Waals surface area (Å²) in [6.07, 6.45) is 1.51. The van der Waals surface area contributed by atoms with Crippen LogP contribution >= 0.6 is 0 Å². The lowest BCUT2D eigenvalue weighted by Crippen LogP contribution is -2.32. The summed E-state index contributed by atoms with van der Waals surface area (Å²) >= 11 is 0. The number of aromatic amines is 1. The molecule has 4 aromatic carbocycles. The van der Waals surface area contributed by atoms with Crippen molar-refractivity contribution in [3.8, 4) is 5.75 Å². The SMILES string of the molecule is O=c1[nH]c2ccccc2c(=O)n1N=Cc1c(OCc2ccccc2)ccc2ccccc12. The van der Waals surface area contributed by atoms with Crippen LogP contribution in [0.5, 0.6) is 5.75 Å². The zero-order valence-corrected chi connectivity index (χ0v) is 17.1. The first-order chi connectivity index (χ1) is 15.7. The minimum atomic E-state index is -0.600. The van der Waals surface area contributed by atoms with E-state index in [1.807, 2.05) is 66.7 Å². The van der Waals surface area contributed by atoms with Gasteiger partial charge in [-0.3, -0.25) is 4.79 Å². The van der Waals surface area contributed by atoms with Gasteiger partial charge in [-0.2, -0.15) is 5.10 Å². The lowest BCUT2D eigenvalue weighted by Gasteiger charge is -2.12. The Morgan fingerprint density at radius 1 is 0.812 bits per heavy atom. The average molecular weight is 421 g/mol. The third-order valence-electron chi connectivity index (χ3n) is 5.25. The summed E-state index contributed by atoms with van der Waals surface area (Å²) in [6, 6.07) is 28.4. The minimum Gasteiger partial charge on any atom is -0.488 e. The highest BCUT2D eigenvalue weighted by Crippen LogP contribution is 2.27. The molecule has 6 heteroatoms. The van der Waals surface area contributed by atoms with Crippen LogP contribution in [0, 0.1) is 0 Å². The van der Waals surface area contributed by atoms with Crippen molar-refractivity contribution in [1.29, 1.82) is 0 Å². The number of hydrogen-bond donors (Lipinski definition) is 1. The summed E-state index contributed by atoms with van der Waals surface area (Å²) in [5, 5.41) is 6.55. The Kier molecular flexibility index (Phi) is 5.09. The molecule has 0 spiro atoms. The molecule has 0 bridgehead atoms. The highest BCUT2D eigenvalue weighted by atomic mass is 16.5. The fourth-order valence-electron chi connectivity index (χ4n) is 3.64. The number of para-hydroxylation sites is 1. The molecular formula is C26H19N3O3. The molecule has 0 fully saturated rings.